The van der Waals surface area contributed by atoms with E-state index in [4.69, 9.17) is 0 Å². The summed E-state index contributed by atoms with van der Waals surface area (Å²) in [4.78, 5) is 12.4. The predicted molar refractivity (Wildman–Crippen MR) is 81.8 cm³/mol. The summed E-state index contributed by atoms with van der Waals surface area (Å²) in [5.74, 6) is 4.29. The van der Waals surface area contributed by atoms with Gasteiger partial charge in [-0.25, -0.2) is 0 Å². The lowest BCUT2D eigenvalue weighted by atomic mass is 9.79. The normalized spacial score (nSPS) is 45.8. The summed E-state index contributed by atoms with van der Waals surface area (Å²) in [6.45, 7) is 1.97. The van der Waals surface area contributed by atoms with E-state index in [0.717, 1.165) is 49.6 Å². The quantitative estimate of drug-likeness (QED) is 0.822. The van der Waals surface area contributed by atoms with Gasteiger partial charge in [-0.15, -0.1) is 12.4 Å². The highest BCUT2D eigenvalue weighted by molar-refractivity contribution is 5.85. The SMILES string of the molecule is Cl.O=C(NC1CC2CC1C1CCCC21)C1CCCNC1. The molecule has 4 aliphatic rings. The van der Waals surface area contributed by atoms with Crippen LogP contribution in [0.15, 0.2) is 0 Å². The van der Waals surface area contributed by atoms with Crippen molar-refractivity contribution in [3.05, 3.63) is 0 Å². The number of hydrogen-bond donors (Lipinski definition) is 2. The van der Waals surface area contributed by atoms with Crippen LogP contribution in [-0.2, 0) is 4.79 Å². The molecule has 0 radical (unpaired) electrons. The smallest absolute Gasteiger partial charge is 0.224 e. The monoisotopic (exact) mass is 298 g/mol. The van der Waals surface area contributed by atoms with Gasteiger partial charge in [0.15, 0.2) is 0 Å². The van der Waals surface area contributed by atoms with Crippen molar-refractivity contribution in [1.82, 2.24) is 10.6 Å². The molecule has 0 spiro atoms. The van der Waals surface area contributed by atoms with E-state index in [1.165, 1.54) is 32.1 Å². The second kappa shape index (κ2) is 5.84. The average molecular weight is 299 g/mol. The number of nitrogens with one attached hydrogen (secondary N) is 2. The van der Waals surface area contributed by atoms with Gasteiger partial charge >= 0.3 is 0 Å². The molecule has 4 rings (SSSR count). The van der Waals surface area contributed by atoms with Crippen LogP contribution in [0.4, 0.5) is 0 Å². The van der Waals surface area contributed by atoms with Crippen molar-refractivity contribution in [1.29, 1.82) is 0 Å². The van der Waals surface area contributed by atoms with Crippen LogP contribution in [0.3, 0.4) is 0 Å². The number of fused-ring (bicyclic) bond motifs is 5. The van der Waals surface area contributed by atoms with Crippen LogP contribution < -0.4 is 10.6 Å². The summed E-state index contributed by atoms with van der Waals surface area (Å²) in [5.41, 5.74) is 0. The summed E-state index contributed by atoms with van der Waals surface area (Å²) in [6.07, 6.45) is 9.25. The fourth-order valence-corrected chi connectivity index (χ4v) is 5.61. The maximum Gasteiger partial charge on any atom is 0.224 e. The zero-order chi connectivity index (χ0) is 12.8. The first-order chi connectivity index (χ1) is 9.33. The lowest BCUT2D eigenvalue weighted by molar-refractivity contribution is -0.126. The van der Waals surface area contributed by atoms with Crippen molar-refractivity contribution in [2.75, 3.05) is 13.1 Å². The van der Waals surface area contributed by atoms with Crippen LogP contribution >= 0.6 is 12.4 Å². The molecule has 3 aliphatic carbocycles. The number of carbonyl (C=O) groups is 1. The molecule has 0 aromatic heterocycles. The molecule has 4 heteroatoms. The maximum absolute atomic E-state index is 12.4. The highest BCUT2D eigenvalue weighted by atomic mass is 35.5. The average Bonchev–Trinajstić information content (AvgIpc) is 3.11. The van der Waals surface area contributed by atoms with Crippen LogP contribution in [0, 0.1) is 29.6 Å². The van der Waals surface area contributed by atoms with Crippen molar-refractivity contribution >= 4 is 18.3 Å². The van der Waals surface area contributed by atoms with Gasteiger partial charge in [0.2, 0.25) is 5.91 Å². The van der Waals surface area contributed by atoms with Gasteiger partial charge in [-0.05, 0) is 68.7 Å². The third kappa shape index (κ3) is 2.37. The van der Waals surface area contributed by atoms with Gasteiger partial charge in [0.05, 0.1) is 5.92 Å². The van der Waals surface area contributed by atoms with Crippen LogP contribution in [0.25, 0.3) is 0 Å². The van der Waals surface area contributed by atoms with E-state index < -0.39 is 0 Å². The Kier molecular flexibility index (Phi) is 4.28. The van der Waals surface area contributed by atoms with Crippen LogP contribution in [-0.4, -0.2) is 25.0 Å². The van der Waals surface area contributed by atoms with Gasteiger partial charge in [-0.1, -0.05) is 6.42 Å². The van der Waals surface area contributed by atoms with Crippen molar-refractivity contribution < 1.29 is 4.79 Å². The molecule has 20 heavy (non-hydrogen) atoms. The molecule has 0 aromatic carbocycles. The molecule has 1 heterocycles. The van der Waals surface area contributed by atoms with Crippen molar-refractivity contribution in [3.8, 4) is 0 Å². The summed E-state index contributed by atoms with van der Waals surface area (Å²) >= 11 is 0. The minimum atomic E-state index is 0. The summed E-state index contributed by atoms with van der Waals surface area (Å²) in [7, 11) is 0. The number of carbonyl (C=O) groups excluding carboxylic acids is 1. The predicted octanol–water partition coefficient (Wildman–Crippen LogP) is 2.35. The number of halogens is 1. The minimum absolute atomic E-state index is 0. The molecule has 3 saturated carbocycles. The summed E-state index contributed by atoms with van der Waals surface area (Å²) < 4.78 is 0. The van der Waals surface area contributed by atoms with Crippen molar-refractivity contribution in [3.63, 3.8) is 0 Å². The first-order valence-electron chi connectivity index (χ1n) is 8.34. The first-order valence-corrected chi connectivity index (χ1v) is 8.34. The van der Waals surface area contributed by atoms with E-state index in [2.05, 4.69) is 10.6 Å². The third-order valence-electron chi connectivity index (χ3n) is 6.42. The van der Waals surface area contributed by atoms with Gasteiger partial charge in [0, 0.05) is 12.6 Å². The second-order valence-electron chi connectivity index (χ2n) is 7.31. The molecular formula is C16H27ClN2O. The van der Waals surface area contributed by atoms with E-state index >= 15 is 0 Å². The summed E-state index contributed by atoms with van der Waals surface area (Å²) in [5, 5.41) is 6.76. The lowest BCUT2D eigenvalue weighted by Gasteiger charge is -2.33. The Balaban J connectivity index is 0.00000121. The molecule has 1 amide bonds. The van der Waals surface area contributed by atoms with E-state index in [9.17, 15) is 4.79 Å². The van der Waals surface area contributed by atoms with E-state index in [0.29, 0.717) is 11.9 Å². The van der Waals surface area contributed by atoms with Crippen LogP contribution in [0.5, 0.6) is 0 Å². The van der Waals surface area contributed by atoms with Crippen molar-refractivity contribution in [2.24, 2.45) is 29.6 Å². The molecule has 1 aliphatic heterocycles. The fourth-order valence-electron chi connectivity index (χ4n) is 5.61. The minimum Gasteiger partial charge on any atom is -0.353 e. The fraction of sp³-hybridized carbons (Fsp3) is 0.938. The van der Waals surface area contributed by atoms with E-state index in [1.807, 2.05) is 0 Å². The molecule has 2 N–H and O–H groups in total. The Bertz CT molecular complexity index is 369. The van der Waals surface area contributed by atoms with E-state index in [-0.39, 0.29) is 18.3 Å². The molecule has 3 nitrogen and oxygen atoms in total. The Morgan fingerprint density at radius 1 is 1.00 bits per heavy atom. The topological polar surface area (TPSA) is 41.1 Å². The largest absolute Gasteiger partial charge is 0.353 e. The molecular weight excluding hydrogens is 272 g/mol. The molecule has 2 bridgehead atoms. The molecule has 6 atom stereocenters. The molecule has 0 aromatic rings. The number of rotatable bonds is 2. The Morgan fingerprint density at radius 2 is 1.85 bits per heavy atom. The lowest BCUT2D eigenvalue weighted by Crippen LogP contribution is -2.47. The van der Waals surface area contributed by atoms with Crippen molar-refractivity contribution in [2.45, 2.75) is 51.0 Å². The zero-order valence-corrected chi connectivity index (χ0v) is 13.0. The van der Waals surface area contributed by atoms with Crippen LogP contribution in [0.2, 0.25) is 0 Å². The number of hydrogen-bond acceptors (Lipinski definition) is 2. The third-order valence-corrected chi connectivity index (χ3v) is 6.42. The van der Waals surface area contributed by atoms with E-state index in [1.54, 1.807) is 0 Å². The Hall–Kier alpha value is -0.280. The molecule has 6 unspecified atom stereocenters. The first kappa shape index (κ1) is 14.6. The van der Waals surface area contributed by atoms with Gasteiger partial charge in [0.25, 0.3) is 0 Å². The second-order valence-corrected chi connectivity index (χ2v) is 7.31. The highest BCUT2D eigenvalue weighted by Gasteiger charge is 2.54. The highest BCUT2D eigenvalue weighted by Crippen LogP contribution is 2.58. The molecule has 1 saturated heterocycles. The van der Waals surface area contributed by atoms with Gasteiger partial charge in [0.1, 0.15) is 0 Å². The number of amides is 1. The standard InChI is InChI=1S/C16H26N2O.ClH/c19-16(10-3-2-6-17-9-10)18-15-8-11-7-14(15)13-5-1-4-12(11)13;/h10-15,17H,1-9H2,(H,18,19);1H. The van der Waals surface area contributed by atoms with Crippen LogP contribution in [0.1, 0.15) is 44.9 Å². The molecule has 4 fully saturated rings. The maximum atomic E-state index is 12.4. The summed E-state index contributed by atoms with van der Waals surface area (Å²) in [6, 6.07) is 0.513. The Morgan fingerprint density at radius 3 is 2.65 bits per heavy atom. The number of piperidine rings is 1. The van der Waals surface area contributed by atoms with Gasteiger partial charge in [-0.2, -0.15) is 0 Å². The van der Waals surface area contributed by atoms with Gasteiger partial charge < -0.3 is 10.6 Å². The van der Waals surface area contributed by atoms with Gasteiger partial charge in [-0.3, -0.25) is 4.79 Å². The zero-order valence-electron chi connectivity index (χ0n) is 12.1. The molecule has 114 valence electrons. The Labute approximate surface area is 128 Å².